The summed E-state index contributed by atoms with van der Waals surface area (Å²) >= 11 is 0. The van der Waals surface area contributed by atoms with Crippen molar-refractivity contribution < 1.29 is 0 Å². The Bertz CT molecular complexity index is 2370. The van der Waals surface area contributed by atoms with Crippen LogP contribution in [0.5, 0.6) is 0 Å². The van der Waals surface area contributed by atoms with Crippen LogP contribution in [0.2, 0.25) is 0 Å². The van der Waals surface area contributed by atoms with E-state index in [9.17, 15) is 0 Å². The van der Waals surface area contributed by atoms with Crippen LogP contribution in [0.3, 0.4) is 0 Å². The number of rotatable bonds is 6. The van der Waals surface area contributed by atoms with E-state index in [0.29, 0.717) is 0 Å². The summed E-state index contributed by atoms with van der Waals surface area (Å²) in [4.78, 5) is 0. The van der Waals surface area contributed by atoms with Crippen molar-refractivity contribution in [3.8, 4) is 55.6 Å². The van der Waals surface area contributed by atoms with Crippen molar-refractivity contribution in [2.24, 2.45) is 0 Å². The average Bonchev–Trinajstić information content (AvgIpc) is 3.21. The summed E-state index contributed by atoms with van der Waals surface area (Å²) < 4.78 is 0. The minimum Gasteiger partial charge on any atom is -0.0622 e. The van der Waals surface area contributed by atoms with Crippen molar-refractivity contribution in [1.29, 1.82) is 0 Å². The number of benzene rings is 8. The Labute approximate surface area is 294 Å². The highest BCUT2D eigenvalue weighted by Crippen LogP contribution is 2.40. The summed E-state index contributed by atoms with van der Waals surface area (Å²) in [5.41, 5.74) is 17.9. The number of aryl methyl sites for hydroxylation is 1. The Morgan fingerprint density at radius 1 is 0.280 bits per heavy atom. The third kappa shape index (κ3) is 5.87. The molecule has 0 spiro atoms. The second kappa shape index (κ2) is 13.0. The van der Waals surface area contributed by atoms with E-state index in [0.717, 1.165) is 12.8 Å². The quantitative estimate of drug-likeness (QED) is 0.170. The summed E-state index contributed by atoms with van der Waals surface area (Å²) in [5, 5.41) is 2.65. The fourth-order valence-corrected chi connectivity index (χ4v) is 7.55. The van der Waals surface area contributed by atoms with Crippen LogP contribution in [0.25, 0.3) is 78.1 Å². The molecule has 0 atom stereocenters. The van der Waals surface area contributed by atoms with Crippen molar-refractivity contribution in [2.75, 3.05) is 0 Å². The lowest BCUT2D eigenvalue weighted by molar-refractivity contribution is 1.01. The Balaban J connectivity index is 1.11. The van der Waals surface area contributed by atoms with Gasteiger partial charge in [0.2, 0.25) is 0 Å². The van der Waals surface area contributed by atoms with Gasteiger partial charge in [-0.2, -0.15) is 0 Å². The molecular weight excluding hydrogens is 601 g/mol. The molecule has 0 amide bonds. The van der Waals surface area contributed by atoms with Gasteiger partial charge in [0.15, 0.2) is 0 Å². The minimum atomic E-state index is 1.01. The van der Waals surface area contributed by atoms with E-state index < -0.39 is 0 Å². The van der Waals surface area contributed by atoms with Crippen molar-refractivity contribution in [2.45, 2.75) is 12.8 Å². The zero-order valence-electron chi connectivity index (χ0n) is 27.9. The molecule has 50 heavy (non-hydrogen) atoms. The molecule has 0 nitrogen and oxygen atoms in total. The molecule has 1 aliphatic rings. The van der Waals surface area contributed by atoms with Gasteiger partial charge in [0, 0.05) is 0 Å². The largest absolute Gasteiger partial charge is 0.0622 e. The molecule has 0 unspecified atom stereocenters. The molecule has 9 rings (SSSR count). The average molecular weight is 637 g/mol. The summed E-state index contributed by atoms with van der Waals surface area (Å²) in [6.07, 6.45) is 4.47. The fourth-order valence-electron chi connectivity index (χ4n) is 7.55. The molecule has 0 bridgehead atoms. The molecule has 236 valence electrons. The molecule has 0 aliphatic heterocycles. The molecule has 0 fully saturated rings. The Kier molecular flexibility index (Phi) is 7.76. The first kappa shape index (κ1) is 29.9. The monoisotopic (exact) mass is 636 g/mol. The van der Waals surface area contributed by atoms with Gasteiger partial charge in [0.05, 0.1) is 0 Å². The summed E-state index contributed by atoms with van der Waals surface area (Å²) in [5.74, 6) is 0. The van der Waals surface area contributed by atoms with Crippen LogP contribution in [0, 0.1) is 0 Å². The third-order valence-corrected chi connectivity index (χ3v) is 10.1. The highest BCUT2D eigenvalue weighted by atomic mass is 14.2. The number of hydrogen-bond donors (Lipinski definition) is 0. The molecule has 0 saturated heterocycles. The summed E-state index contributed by atoms with van der Waals surface area (Å²) in [7, 11) is 0. The lowest BCUT2D eigenvalue weighted by Gasteiger charge is -2.21. The second-order valence-corrected chi connectivity index (χ2v) is 13.3. The van der Waals surface area contributed by atoms with Crippen LogP contribution in [-0.4, -0.2) is 0 Å². The van der Waals surface area contributed by atoms with Gasteiger partial charge in [-0.15, -0.1) is 0 Å². The van der Waals surface area contributed by atoms with Crippen LogP contribution in [0.4, 0.5) is 0 Å². The van der Waals surface area contributed by atoms with Crippen molar-refractivity contribution in [1.82, 2.24) is 0 Å². The van der Waals surface area contributed by atoms with Crippen LogP contribution in [0.1, 0.15) is 23.1 Å². The van der Waals surface area contributed by atoms with Crippen molar-refractivity contribution in [3.05, 3.63) is 205 Å². The van der Waals surface area contributed by atoms with Gasteiger partial charge in [-0.05, 0) is 144 Å². The van der Waals surface area contributed by atoms with E-state index in [1.54, 1.807) is 0 Å². The molecule has 8 aromatic carbocycles. The van der Waals surface area contributed by atoms with E-state index >= 15 is 0 Å². The Morgan fingerprint density at radius 2 is 0.700 bits per heavy atom. The predicted molar refractivity (Wildman–Crippen MR) is 214 cm³/mol. The first-order valence-electron chi connectivity index (χ1n) is 17.5. The van der Waals surface area contributed by atoms with E-state index in [2.05, 4.69) is 194 Å². The van der Waals surface area contributed by atoms with Gasteiger partial charge < -0.3 is 0 Å². The molecule has 0 heteroatoms. The number of fused-ring (bicyclic) bond motifs is 3. The third-order valence-electron chi connectivity index (χ3n) is 10.1. The van der Waals surface area contributed by atoms with Gasteiger partial charge in [-0.1, -0.05) is 152 Å². The highest BCUT2D eigenvalue weighted by molar-refractivity contribution is 5.97. The Morgan fingerprint density at radius 3 is 1.16 bits per heavy atom. The van der Waals surface area contributed by atoms with Gasteiger partial charge in [-0.25, -0.2) is 0 Å². The predicted octanol–water partition coefficient (Wildman–Crippen LogP) is 13.7. The minimum absolute atomic E-state index is 1.01. The van der Waals surface area contributed by atoms with Crippen molar-refractivity contribution in [3.63, 3.8) is 0 Å². The van der Waals surface area contributed by atoms with Crippen LogP contribution < -0.4 is 0 Å². The van der Waals surface area contributed by atoms with Crippen LogP contribution >= 0.6 is 0 Å². The fraction of sp³-hybridized carbons (Fsp3) is 0.0400. The first-order chi connectivity index (χ1) is 24.7. The van der Waals surface area contributed by atoms with Crippen LogP contribution in [0.15, 0.2) is 188 Å². The van der Waals surface area contributed by atoms with Gasteiger partial charge in [-0.3, -0.25) is 0 Å². The summed E-state index contributed by atoms with van der Waals surface area (Å²) in [6, 6.07) is 68.7. The smallest absolute Gasteiger partial charge is 0.0145 e. The van der Waals surface area contributed by atoms with E-state index in [4.69, 9.17) is 0 Å². The van der Waals surface area contributed by atoms with Crippen molar-refractivity contribution >= 4 is 22.4 Å². The Hall–Kier alpha value is -6.24. The molecule has 0 saturated carbocycles. The first-order valence-corrected chi connectivity index (χ1v) is 17.5. The van der Waals surface area contributed by atoms with E-state index in [-0.39, 0.29) is 0 Å². The van der Waals surface area contributed by atoms with E-state index in [1.165, 1.54) is 88.7 Å². The molecular formula is C50H36. The highest BCUT2D eigenvalue weighted by Gasteiger charge is 2.17. The van der Waals surface area contributed by atoms with Gasteiger partial charge >= 0.3 is 0 Å². The SMILES string of the molecule is C1=C(c2cc(-c3ccccc3)cc(-c3ccccc3)c2)CCc2c1ccc1cc(-c3cc(-c4ccccc4)cc(-c4ccccc4)c3)ccc21. The molecule has 0 N–H and O–H groups in total. The molecule has 0 heterocycles. The number of allylic oxidation sites excluding steroid dienone is 1. The zero-order valence-corrected chi connectivity index (χ0v) is 27.9. The lowest BCUT2D eigenvalue weighted by atomic mass is 9.84. The zero-order chi connectivity index (χ0) is 33.3. The van der Waals surface area contributed by atoms with Gasteiger partial charge in [0.25, 0.3) is 0 Å². The molecule has 0 radical (unpaired) electrons. The maximum absolute atomic E-state index is 2.43. The number of hydrogen-bond acceptors (Lipinski definition) is 0. The maximum Gasteiger partial charge on any atom is -0.0145 e. The standard InChI is InChI=1S/C50H36/c1-5-13-35(14-6-1)43-29-44(36-15-7-2-8-16-36)32-47(31-43)39-23-25-49-41(27-39)21-22-42-28-40(24-26-50(42)49)48-33-45(37-17-9-3-10-18-37)30-46(34-48)38-19-11-4-12-20-38/h1-23,25,27-34H,24,26H2. The topological polar surface area (TPSA) is 0 Å². The maximum atomic E-state index is 2.43. The van der Waals surface area contributed by atoms with Crippen LogP contribution in [-0.2, 0) is 6.42 Å². The molecule has 8 aromatic rings. The summed E-state index contributed by atoms with van der Waals surface area (Å²) in [6.45, 7) is 0. The lowest BCUT2D eigenvalue weighted by Crippen LogP contribution is -2.01. The van der Waals surface area contributed by atoms with E-state index in [1.807, 2.05) is 0 Å². The second-order valence-electron chi connectivity index (χ2n) is 13.3. The normalized spacial score (nSPS) is 12.4. The molecule has 0 aromatic heterocycles. The van der Waals surface area contributed by atoms with Gasteiger partial charge in [0.1, 0.15) is 0 Å². The molecule has 1 aliphatic carbocycles.